The van der Waals surface area contributed by atoms with E-state index in [1.165, 1.54) is 0 Å². The van der Waals surface area contributed by atoms with Crippen LogP contribution in [0.25, 0.3) is 11.5 Å². The number of hydrogen-bond donors (Lipinski definition) is 2. The van der Waals surface area contributed by atoms with E-state index in [1.807, 2.05) is 0 Å². The fourth-order valence-corrected chi connectivity index (χ4v) is 2.56. The van der Waals surface area contributed by atoms with Crippen LogP contribution in [0.3, 0.4) is 0 Å². The van der Waals surface area contributed by atoms with Gasteiger partial charge in [0.2, 0.25) is 11.8 Å². The Bertz CT molecular complexity index is 774. The first kappa shape index (κ1) is 21.0. The number of nitrogens with zero attached hydrogens (tertiary/aromatic N) is 2. The molecule has 146 valence electrons. The Balaban J connectivity index is 1.67. The molecule has 0 aliphatic carbocycles. The van der Waals surface area contributed by atoms with Gasteiger partial charge in [-0.05, 0) is 45.0 Å². The number of thioether (sulfide) groups is 1. The number of nitrogens with one attached hydrogen (secondary N) is 2. The van der Waals surface area contributed by atoms with Gasteiger partial charge in [-0.1, -0.05) is 23.4 Å². The SMILES string of the molecule is CC(C)(C)OC(=O)NCCNC(=O)CSc1nnc(-c2ccc(Cl)cc2)o1. The average molecular weight is 413 g/mol. The lowest BCUT2D eigenvalue weighted by Gasteiger charge is -2.19. The molecule has 0 fully saturated rings. The predicted molar refractivity (Wildman–Crippen MR) is 103 cm³/mol. The molecule has 0 bridgehead atoms. The van der Waals surface area contributed by atoms with Crippen molar-refractivity contribution in [2.75, 3.05) is 18.8 Å². The molecule has 0 aliphatic heterocycles. The zero-order valence-electron chi connectivity index (χ0n) is 15.2. The zero-order valence-corrected chi connectivity index (χ0v) is 16.8. The van der Waals surface area contributed by atoms with Crippen LogP contribution in [-0.4, -0.2) is 46.6 Å². The first-order chi connectivity index (χ1) is 12.7. The zero-order chi connectivity index (χ0) is 19.9. The van der Waals surface area contributed by atoms with Gasteiger partial charge in [0.05, 0.1) is 5.75 Å². The van der Waals surface area contributed by atoms with Crippen molar-refractivity contribution < 1.29 is 18.7 Å². The van der Waals surface area contributed by atoms with Crippen molar-refractivity contribution >= 4 is 35.4 Å². The lowest BCUT2D eigenvalue weighted by atomic mass is 10.2. The van der Waals surface area contributed by atoms with Gasteiger partial charge in [-0.25, -0.2) is 4.79 Å². The first-order valence-electron chi connectivity index (χ1n) is 8.19. The number of amides is 2. The number of rotatable bonds is 7. The van der Waals surface area contributed by atoms with E-state index in [2.05, 4.69) is 20.8 Å². The Labute approximate surface area is 166 Å². The van der Waals surface area contributed by atoms with Gasteiger partial charge >= 0.3 is 6.09 Å². The van der Waals surface area contributed by atoms with Crippen LogP contribution in [-0.2, 0) is 9.53 Å². The second kappa shape index (κ2) is 9.61. The molecule has 0 radical (unpaired) electrons. The molecule has 10 heteroatoms. The minimum absolute atomic E-state index is 0.120. The van der Waals surface area contributed by atoms with Crippen LogP contribution in [0.1, 0.15) is 20.8 Å². The maximum Gasteiger partial charge on any atom is 0.407 e. The smallest absolute Gasteiger partial charge is 0.407 e. The largest absolute Gasteiger partial charge is 0.444 e. The number of halogens is 1. The summed E-state index contributed by atoms with van der Waals surface area (Å²) in [7, 11) is 0. The molecule has 2 rings (SSSR count). The van der Waals surface area contributed by atoms with Gasteiger partial charge in [-0.3, -0.25) is 4.79 Å². The number of benzene rings is 1. The number of carbonyl (C=O) groups excluding carboxylic acids is 2. The maximum atomic E-state index is 11.8. The second-order valence-corrected chi connectivity index (χ2v) is 7.81. The molecule has 0 saturated carbocycles. The molecule has 1 aromatic heterocycles. The molecule has 0 spiro atoms. The Hall–Kier alpha value is -2.26. The van der Waals surface area contributed by atoms with Gasteiger partial charge in [-0.15, -0.1) is 10.2 Å². The van der Waals surface area contributed by atoms with Crippen molar-refractivity contribution in [3.63, 3.8) is 0 Å². The molecule has 0 atom stereocenters. The van der Waals surface area contributed by atoms with E-state index in [0.29, 0.717) is 22.7 Å². The van der Waals surface area contributed by atoms with Crippen molar-refractivity contribution in [2.24, 2.45) is 0 Å². The van der Waals surface area contributed by atoms with Gasteiger partial charge in [0.1, 0.15) is 5.60 Å². The predicted octanol–water partition coefficient (Wildman–Crippen LogP) is 3.12. The fourth-order valence-electron chi connectivity index (χ4n) is 1.84. The van der Waals surface area contributed by atoms with E-state index < -0.39 is 11.7 Å². The number of ether oxygens (including phenoxy) is 1. The highest BCUT2D eigenvalue weighted by Crippen LogP contribution is 2.24. The van der Waals surface area contributed by atoms with Gasteiger partial charge in [0.15, 0.2) is 0 Å². The molecule has 2 N–H and O–H groups in total. The van der Waals surface area contributed by atoms with Gasteiger partial charge in [-0.2, -0.15) is 0 Å². The lowest BCUT2D eigenvalue weighted by molar-refractivity contribution is -0.118. The Morgan fingerprint density at radius 3 is 2.48 bits per heavy atom. The molecular weight excluding hydrogens is 392 g/mol. The Morgan fingerprint density at radius 1 is 1.15 bits per heavy atom. The van der Waals surface area contributed by atoms with Crippen molar-refractivity contribution in [1.29, 1.82) is 0 Å². The summed E-state index contributed by atoms with van der Waals surface area (Å²) in [6.07, 6.45) is -0.522. The molecule has 2 amide bonds. The van der Waals surface area contributed by atoms with Crippen molar-refractivity contribution in [1.82, 2.24) is 20.8 Å². The van der Waals surface area contributed by atoms with Crippen molar-refractivity contribution in [3.05, 3.63) is 29.3 Å². The van der Waals surface area contributed by atoms with Gasteiger partial charge in [0.25, 0.3) is 5.22 Å². The summed E-state index contributed by atoms with van der Waals surface area (Å²) in [6, 6.07) is 7.00. The van der Waals surface area contributed by atoms with Crippen LogP contribution in [0.5, 0.6) is 0 Å². The van der Waals surface area contributed by atoms with E-state index in [-0.39, 0.29) is 18.2 Å². The standard InChI is InChI=1S/C17H21ClN4O4S/c1-17(2,3)26-15(24)20-9-8-19-13(23)10-27-16-22-21-14(25-16)11-4-6-12(18)7-5-11/h4-7H,8-10H2,1-3H3,(H,19,23)(H,20,24). The molecule has 1 aromatic carbocycles. The topological polar surface area (TPSA) is 106 Å². The van der Waals surface area contributed by atoms with Gasteiger partial charge in [0, 0.05) is 23.7 Å². The summed E-state index contributed by atoms with van der Waals surface area (Å²) in [5.74, 6) is 0.266. The monoisotopic (exact) mass is 412 g/mol. The molecule has 0 unspecified atom stereocenters. The van der Waals surface area contributed by atoms with E-state index >= 15 is 0 Å². The average Bonchev–Trinajstić information content (AvgIpc) is 3.05. The minimum Gasteiger partial charge on any atom is -0.444 e. The summed E-state index contributed by atoms with van der Waals surface area (Å²) in [5.41, 5.74) is 0.190. The molecule has 1 heterocycles. The third-order valence-electron chi connectivity index (χ3n) is 2.94. The quantitative estimate of drug-likeness (QED) is 0.531. The van der Waals surface area contributed by atoms with Crippen LogP contribution >= 0.6 is 23.4 Å². The maximum absolute atomic E-state index is 11.8. The second-order valence-electron chi connectivity index (χ2n) is 6.45. The number of carbonyl (C=O) groups is 2. The number of hydrogen-bond acceptors (Lipinski definition) is 7. The van der Waals surface area contributed by atoms with Crippen LogP contribution in [0.15, 0.2) is 33.9 Å². The fraction of sp³-hybridized carbons (Fsp3) is 0.412. The minimum atomic E-state index is -0.557. The Kier molecular flexibility index (Phi) is 7.49. The highest BCUT2D eigenvalue weighted by molar-refractivity contribution is 7.99. The molecule has 8 nitrogen and oxygen atoms in total. The Morgan fingerprint density at radius 2 is 1.81 bits per heavy atom. The third-order valence-corrected chi connectivity index (χ3v) is 4.01. The summed E-state index contributed by atoms with van der Waals surface area (Å²) in [6.45, 7) is 5.90. The molecule has 2 aromatic rings. The van der Waals surface area contributed by atoms with Crippen molar-refractivity contribution in [3.8, 4) is 11.5 Å². The first-order valence-corrected chi connectivity index (χ1v) is 9.55. The van der Waals surface area contributed by atoms with Crippen LogP contribution in [0, 0.1) is 0 Å². The van der Waals surface area contributed by atoms with Crippen LogP contribution in [0.4, 0.5) is 4.79 Å². The van der Waals surface area contributed by atoms with E-state index in [1.54, 1.807) is 45.0 Å². The molecule has 27 heavy (non-hydrogen) atoms. The van der Waals surface area contributed by atoms with E-state index in [0.717, 1.165) is 17.3 Å². The van der Waals surface area contributed by atoms with E-state index in [4.69, 9.17) is 20.8 Å². The summed E-state index contributed by atoms with van der Waals surface area (Å²) in [5, 5.41) is 14.0. The summed E-state index contributed by atoms with van der Waals surface area (Å²) >= 11 is 6.97. The summed E-state index contributed by atoms with van der Waals surface area (Å²) in [4.78, 5) is 23.3. The normalized spacial score (nSPS) is 11.1. The van der Waals surface area contributed by atoms with Crippen molar-refractivity contribution in [2.45, 2.75) is 31.6 Å². The van der Waals surface area contributed by atoms with Gasteiger partial charge < -0.3 is 19.8 Å². The van der Waals surface area contributed by atoms with Crippen LogP contribution < -0.4 is 10.6 Å². The summed E-state index contributed by atoms with van der Waals surface area (Å²) < 4.78 is 10.6. The molecule has 0 saturated heterocycles. The molecule has 0 aliphatic rings. The lowest BCUT2D eigenvalue weighted by Crippen LogP contribution is -2.38. The molecular formula is C17H21ClN4O4S. The van der Waals surface area contributed by atoms with E-state index in [9.17, 15) is 9.59 Å². The third kappa shape index (κ3) is 7.88. The van der Waals surface area contributed by atoms with Crippen LogP contribution in [0.2, 0.25) is 5.02 Å². The highest BCUT2D eigenvalue weighted by Gasteiger charge is 2.15. The number of alkyl carbamates (subject to hydrolysis) is 1. The number of aromatic nitrogens is 2. The highest BCUT2D eigenvalue weighted by atomic mass is 35.5.